The molecule has 2 bridgehead atoms. The zero-order valence-electron chi connectivity index (χ0n) is 10.9. The van der Waals surface area contributed by atoms with Gasteiger partial charge in [0.05, 0.1) is 0 Å². The van der Waals surface area contributed by atoms with Crippen LogP contribution in [0, 0.1) is 23.7 Å². The molecule has 18 heavy (non-hydrogen) atoms. The normalized spacial score (nSPS) is 38.1. The Morgan fingerprint density at radius 3 is 2.61 bits per heavy atom. The number of nitrogens with zero attached hydrogens (tertiary/aromatic N) is 1. The van der Waals surface area contributed by atoms with E-state index in [1.807, 2.05) is 13.8 Å². The Morgan fingerprint density at radius 1 is 1.33 bits per heavy atom. The fourth-order valence-electron chi connectivity index (χ4n) is 3.50. The fourth-order valence-corrected chi connectivity index (χ4v) is 3.50. The van der Waals surface area contributed by atoms with E-state index in [0.29, 0.717) is 24.3 Å². The predicted octanol–water partition coefficient (Wildman–Crippen LogP) is 1.77. The molecule has 1 saturated carbocycles. The second kappa shape index (κ2) is 4.11. The number of carbonyl (C=O) groups excluding carboxylic acids is 2. The first kappa shape index (κ1) is 11.8. The van der Waals surface area contributed by atoms with E-state index in [4.69, 9.17) is 0 Å². The maximum Gasteiger partial charge on any atom is 0.324 e. The summed E-state index contributed by atoms with van der Waals surface area (Å²) in [4.78, 5) is 25.5. The van der Waals surface area contributed by atoms with Gasteiger partial charge in [-0.1, -0.05) is 26.0 Å². The smallest absolute Gasteiger partial charge is 0.324 e. The zero-order valence-corrected chi connectivity index (χ0v) is 10.9. The van der Waals surface area contributed by atoms with Crippen molar-refractivity contribution in [3.8, 4) is 0 Å². The maximum atomic E-state index is 12.2. The van der Waals surface area contributed by atoms with Gasteiger partial charge >= 0.3 is 6.03 Å². The van der Waals surface area contributed by atoms with Crippen molar-refractivity contribution >= 4 is 11.9 Å². The molecule has 2 fully saturated rings. The van der Waals surface area contributed by atoms with Crippen LogP contribution in [0.3, 0.4) is 0 Å². The van der Waals surface area contributed by atoms with Crippen LogP contribution in [-0.4, -0.2) is 29.4 Å². The van der Waals surface area contributed by atoms with Crippen molar-refractivity contribution in [2.24, 2.45) is 23.7 Å². The standard InChI is InChI=1S/C14H20N2O2/c1-8(2)12-13(17)16(14(18)15-12)7-11-6-9-3-4-10(11)5-9/h3-4,8-12H,5-7H2,1-2H3,(H,15,18)/t9-,10+,11-,12+/m0/s1. The highest BCUT2D eigenvalue weighted by molar-refractivity contribution is 6.04. The van der Waals surface area contributed by atoms with E-state index >= 15 is 0 Å². The number of imide groups is 1. The van der Waals surface area contributed by atoms with Crippen molar-refractivity contribution in [1.82, 2.24) is 10.2 Å². The molecular weight excluding hydrogens is 228 g/mol. The van der Waals surface area contributed by atoms with Crippen LogP contribution in [0.25, 0.3) is 0 Å². The lowest BCUT2D eigenvalue weighted by atomic mass is 9.93. The molecule has 1 aliphatic heterocycles. The maximum absolute atomic E-state index is 12.2. The number of hydrogen-bond donors (Lipinski definition) is 1. The summed E-state index contributed by atoms with van der Waals surface area (Å²) in [5, 5.41) is 2.79. The van der Waals surface area contributed by atoms with Crippen molar-refractivity contribution in [1.29, 1.82) is 0 Å². The number of allylic oxidation sites excluding steroid dienone is 2. The summed E-state index contributed by atoms with van der Waals surface area (Å²) in [6.45, 7) is 4.53. The zero-order chi connectivity index (χ0) is 12.9. The first-order valence-corrected chi connectivity index (χ1v) is 6.86. The summed E-state index contributed by atoms with van der Waals surface area (Å²) in [5.41, 5.74) is 0. The first-order chi connectivity index (χ1) is 8.56. The number of rotatable bonds is 3. The number of urea groups is 1. The van der Waals surface area contributed by atoms with Crippen LogP contribution < -0.4 is 5.32 Å². The van der Waals surface area contributed by atoms with Crippen LogP contribution in [-0.2, 0) is 4.79 Å². The van der Waals surface area contributed by atoms with Crippen molar-refractivity contribution in [2.45, 2.75) is 32.7 Å². The molecule has 3 aliphatic rings. The van der Waals surface area contributed by atoms with Gasteiger partial charge in [0, 0.05) is 6.54 Å². The Kier molecular flexibility index (Phi) is 2.68. The van der Waals surface area contributed by atoms with E-state index in [2.05, 4.69) is 17.5 Å². The summed E-state index contributed by atoms with van der Waals surface area (Å²) in [7, 11) is 0. The highest BCUT2D eigenvalue weighted by Gasteiger charge is 2.43. The molecule has 98 valence electrons. The van der Waals surface area contributed by atoms with Crippen LogP contribution in [0.5, 0.6) is 0 Å². The summed E-state index contributed by atoms with van der Waals surface area (Å²) < 4.78 is 0. The largest absolute Gasteiger partial charge is 0.326 e. The summed E-state index contributed by atoms with van der Waals surface area (Å²) in [5.74, 6) is 1.85. The summed E-state index contributed by atoms with van der Waals surface area (Å²) >= 11 is 0. The Labute approximate surface area is 107 Å². The number of carbonyl (C=O) groups is 2. The third-order valence-electron chi connectivity index (χ3n) is 4.56. The average Bonchev–Trinajstić information content (AvgIpc) is 2.98. The van der Waals surface area contributed by atoms with Crippen LogP contribution in [0.1, 0.15) is 26.7 Å². The summed E-state index contributed by atoms with van der Waals surface area (Å²) in [6, 6.07) is -0.530. The quantitative estimate of drug-likeness (QED) is 0.611. The number of fused-ring (bicyclic) bond motifs is 2. The molecule has 2 aliphatic carbocycles. The lowest BCUT2D eigenvalue weighted by molar-refractivity contribution is -0.128. The molecule has 3 rings (SSSR count). The molecule has 0 aromatic heterocycles. The van der Waals surface area contributed by atoms with Crippen molar-refractivity contribution < 1.29 is 9.59 Å². The highest BCUT2D eigenvalue weighted by atomic mass is 16.2. The Bertz CT molecular complexity index is 416. The van der Waals surface area contributed by atoms with E-state index in [1.54, 1.807) is 0 Å². The Morgan fingerprint density at radius 2 is 2.11 bits per heavy atom. The molecule has 4 atom stereocenters. The lowest BCUT2D eigenvalue weighted by Crippen LogP contribution is -2.37. The van der Waals surface area contributed by atoms with Gasteiger partial charge in [0.15, 0.2) is 0 Å². The minimum Gasteiger partial charge on any atom is -0.326 e. The molecule has 0 aromatic carbocycles. The molecule has 1 N–H and O–H groups in total. The second-order valence-corrected chi connectivity index (χ2v) is 6.16. The van der Waals surface area contributed by atoms with Gasteiger partial charge in [-0.2, -0.15) is 0 Å². The molecule has 1 saturated heterocycles. The third-order valence-corrected chi connectivity index (χ3v) is 4.56. The second-order valence-electron chi connectivity index (χ2n) is 6.16. The van der Waals surface area contributed by atoms with Gasteiger partial charge in [0.25, 0.3) is 5.91 Å². The SMILES string of the molecule is CC(C)[C@H]1NC(=O)N(C[C@@H]2C[C@H]3C=C[C@@H]2C3)C1=O. The van der Waals surface area contributed by atoms with E-state index in [9.17, 15) is 9.59 Å². The predicted molar refractivity (Wildman–Crippen MR) is 67.7 cm³/mol. The van der Waals surface area contributed by atoms with Gasteiger partial charge in [-0.3, -0.25) is 9.69 Å². The number of nitrogens with one attached hydrogen (secondary N) is 1. The average molecular weight is 248 g/mol. The molecule has 0 spiro atoms. The van der Waals surface area contributed by atoms with E-state index in [1.165, 1.54) is 11.3 Å². The molecule has 1 heterocycles. The molecule has 0 radical (unpaired) electrons. The summed E-state index contributed by atoms with van der Waals surface area (Å²) in [6.07, 6.45) is 6.88. The van der Waals surface area contributed by atoms with Gasteiger partial charge in [-0.15, -0.1) is 0 Å². The van der Waals surface area contributed by atoms with Crippen molar-refractivity contribution in [3.05, 3.63) is 12.2 Å². The topological polar surface area (TPSA) is 49.4 Å². The highest BCUT2D eigenvalue weighted by Crippen LogP contribution is 2.43. The van der Waals surface area contributed by atoms with Crippen molar-refractivity contribution in [2.75, 3.05) is 6.54 Å². The van der Waals surface area contributed by atoms with Crippen LogP contribution in [0.15, 0.2) is 12.2 Å². The molecule has 4 nitrogen and oxygen atoms in total. The lowest BCUT2D eigenvalue weighted by Gasteiger charge is -2.23. The minimum absolute atomic E-state index is 0.0400. The molecule has 3 amide bonds. The van der Waals surface area contributed by atoms with Gasteiger partial charge in [0.1, 0.15) is 6.04 Å². The fraction of sp³-hybridized carbons (Fsp3) is 0.714. The molecular formula is C14H20N2O2. The van der Waals surface area contributed by atoms with Crippen LogP contribution in [0.2, 0.25) is 0 Å². The van der Waals surface area contributed by atoms with Gasteiger partial charge < -0.3 is 5.32 Å². The van der Waals surface area contributed by atoms with Gasteiger partial charge in [-0.05, 0) is 36.5 Å². The van der Waals surface area contributed by atoms with E-state index in [0.717, 1.165) is 6.42 Å². The Hall–Kier alpha value is -1.32. The Balaban J connectivity index is 1.68. The van der Waals surface area contributed by atoms with E-state index in [-0.39, 0.29) is 23.9 Å². The molecule has 0 aromatic rings. The van der Waals surface area contributed by atoms with Gasteiger partial charge in [-0.25, -0.2) is 4.79 Å². The van der Waals surface area contributed by atoms with Crippen LogP contribution in [0.4, 0.5) is 4.79 Å². The van der Waals surface area contributed by atoms with Crippen LogP contribution >= 0.6 is 0 Å². The third kappa shape index (κ3) is 1.74. The number of amides is 3. The minimum atomic E-state index is -0.327. The molecule has 4 heteroatoms. The first-order valence-electron chi connectivity index (χ1n) is 6.86. The van der Waals surface area contributed by atoms with Crippen molar-refractivity contribution in [3.63, 3.8) is 0 Å². The number of hydrogen-bond acceptors (Lipinski definition) is 2. The van der Waals surface area contributed by atoms with Gasteiger partial charge in [0.2, 0.25) is 0 Å². The molecule has 0 unspecified atom stereocenters. The monoisotopic (exact) mass is 248 g/mol. The van der Waals surface area contributed by atoms with E-state index < -0.39 is 0 Å².